The number of carbonyl (C=O) groups excluding carboxylic acids is 1. The molecule has 1 aromatic rings. The van der Waals surface area contributed by atoms with E-state index in [0.29, 0.717) is 32.1 Å². The highest BCUT2D eigenvalue weighted by molar-refractivity contribution is 5.85. The fraction of sp³-hybridized carbons (Fsp3) is 0.583. The van der Waals surface area contributed by atoms with Crippen LogP contribution in [0.15, 0.2) is 18.6 Å². The Hall–Kier alpha value is -1.15. The number of aromatic nitrogens is 2. The van der Waals surface area contributed by atoms with Crippen molar-refractivity contribution in [1.82, 2.24) is 20.6 Å². The van der Waals surface area contributed by atoms with Crippen molar-refractivity contribution >= 4 is 36.5 Å². The Kier molecular flexibility index (Phi) is 9.98. The molecule has 0 bridgehead atoms. The van der Waals surface area contributed by atoms with Crippen molar-refractivity contribution < 1.29 is 9.53 Å². The molecule has 1 aliphatic heterocycles. The highest BCUT2D eigenvalue weighted by Gasteiger charge is 2.27. The zero-order valence-electron chi connectivity index (χ0n) is 11.7. The predicted octanol–water partition coefficient (Wildman–Crippen LogP) is 0.225. The fourth-order valence-electron chi connectivity index (χ4n) is 1.90. The fourth-order valence-corrected chi connectivity index (χ4v) is 1.90. The maximum absolute atomic E-state index is 11.9. The van der Waals surface area contributed by atoms with Crippen molar-refractivity contribution in [3.63, 3.8) is 0 Å². The minimum absolute atomic E-state index is 0. The predicted molar refractivity (Wildman–Crippen MR) is 85.2 cm³/mol. The van der Waals surface area contributed by atoms with Gasteiger partial charge in [-0.25, -0.2) is 4.98 Å². The van der Waals surface area contributed by atoms with Crippen LogP contribution in [0.25, 0.3) is 0 Å². The molecule has 1 saturated heterocycles. The largest absolute Gasteiger partial charge is 0.375 e. The van der Waals surface area contributed by atoms with Crippen molar-refractivity contribution in [2.24, 2.45) is 0 Å². The van der Waals surface area contributed by atoms with Crippen LogP contribution >= 0.6 is 24.8 Å². The number of anilines is 1. The minimum Gasteiger partial charge on any atom is -0.375 e. The normalized spacial score (nSPS) is 20.6. The highest BCUT2D eigenvalue weighted by Crippen LogP contribution is 2.03. The second-order valence-corrected chi connectivity index (χ2v) is 4.32. The molecule has 0 unspecified atom stereocenters. The van der Waals surface area contributed by atoms with E-state index < -0.39 is 0 Å². The number of hydrogen-bond acceptors (Lipinski definition) is 6. The molecule has 1 amide bonds. The maximum Gasteiger partial charge on any atom is 0.239 e. The van der Waals surface area contributed by atoms with Gasteiger partial charge in [0.2, 0.25) is 5.91 Å². The number of nitrogens with one attached hydrogen (secondary N) is 3. The van der Waals surface area contributed by atoms with E-state index in [2.05, 4.69) is 25.9 Å². The van der Waals surface area contributed by atoms with Crippen LogP contribution in [0.4, 0.5) is 5.82 Å². The number of amides is 1. The van der Waals surface area contributed by atoms with Gasteiger partial charge in [0.15, 0.2) is 0 Å². The van der Waals surface area contributed by atoms with Gasteiger partial charge >= 0.3 is 0 Å². The molecular formula is C12H21Cl2N5O2. The molecule has 1 aliphatic rings. The van der Waals surface area contributed by atoms with Crippen LogP contribution in [0.1, 0.15) is 6.92 Å². The first kappa shape index (κ1) is 19.9. The molecule has 0 spiro atoms. The van der Waals surface area contributed by atoms with Crippen LogP contribution < -0.4 is 16.0 Å². The minimum atomic E-state index is -0.273. The SMILES string of the molecule is C[C@H]1OCCN[C@@H]1C(=O)NCCNc1cnccn1.Cl.Cl. The maximum atomic E-state index is 11.9. The highest BCUT2D eigenvalue weighted by atomic mass is 35.5. The molecule has 0 saturated carbocycles. The van der Waals surface area contributed by atoms with Gasteiger partial charge in [0.1, 0.15) is 11.9 Å². The Bertz CT molecular complexity index is 410. The van der Waals surface area contributed by atoms with E-state index in [1.54, 1.807) is 18.6 Å². The summed E-state index contributed by atoms with van der Waals surface area (Å²) >= 11 is 0. The van der Waals surface area contributed by atoms with Gasteiger partial charge in [-0.1, -0.05) is 0 Å². The van der Waals surface area contributed by atoms with Crippen molar-refractivity contribution in [2.45, 2.75) is 19.1 Å². The van der Waals surface area contributed by atoms with Crippen LogP contribution in [-0.4, -0.2) is 54.3 Å². The first-order valence-electron chi connectivity index (χ1n) is 6.40. The van der Waals surface area contributed by atoms with Crippen LogP contribution in [0.5, 0.6) is 0 Å². The van der Waals surface area contributed by atoms with E-state index in [-0.39, 0.29) is 42.9 Å². The molecule has 2 atom stereocenters. The van der Waals surface area contributed by atoms with Crippen LogP contribution in [0.3, 0.4) is 0 Å². The first-order valence-corrected chi connectivity index (χ1v) is 6.40. The van der Waals surface area contributed by atoms with Gasteiger partial charge < -0.3 is 20.7 Å². The molecule has 0 aliphatic carbocycles. The van der Waals surface area contributed by atoms with Crippen molar-refractivity contribution in [2.75, 3.05) is 31.6 Å². The van der Waals surface area contributed by atoms with Gasteiger partial charge in [-0.2, -0.15) is 0 Å². The summed E-state index contributed by atoms with van der Waals surface area (Å²) in [4.78, 5) is 19.9. The molecule has 9 heteroatoms. The molecule has 0 radical (unpaired) electrons. The summed E-state index contributed by atoms with van der Waals surface area (Å²) in [5, 5.41) is 9.08. The molecule has 0 aromatic carbocycles. The smallest absolute Gasteiger partial charge is 0.239 e. The zero-order chi connectivity index (χ0) is 13.5. The second kappa shape index (κ2) is 10.6. The molecule has 1 fully saturated rings. The number of halogens is 2. The average Bonchev–Trinajstić information content (AvgIpc) is 2.45. The molecule has 7 nitrogen and oxygen atoms in total. The monoisotopic (exact) mass is 337 g/mol. The van der Waals surface area contributed by atoms with Gasteiger partial charge in [-0.15, -0.1) is 24.8 Å². The molecule has 3 N–H and O–H groups in total. The molecule has 2 heterocycles. The Morgan fingerprint density at radius 3 is 2.90 bits per heavy atom. The number of nitrogens with zero attached hydrogens (tertiary/aromatic N) is 2. The third kappa shape index (κ3) is 6.43. The number of morpholine rings is 1. The van der Waals surface area contributed by atoms with E-state index in [9.17, 15) is 4.79 Å². The Balaban J connectivity index is 0.00000200. The Morgan fingerprint density at radius 2 is 2.24 bits per heavy atom. The number of rotatable bonds is 5. The van der Waals surface area contributed by atoms with Gasteiger partial charge in [0, 0.05) is 32.0 Å². The molecular weight excluding hydrogens is 317 g/mol. The summed E-state index contributed by atoms with van der Waals surface area (Å²) < 4.78 is 5.43. The van der Waals surface area contributed by atoms with E-state index >= 15 is 0 Å². The van der Waals surface area contributed by atoms with Crippen LogP contribution in [-0.2, 0) is 9.53 Å². The summed E-state index contributed by atoms with van der Waals surface area (Å²) in [5.41, 5.74) is 0. The number of ether oxygens (including phenoxy) is 1. The van der Waals surface area contributed by atoms with E-state index in [1.807, 2.05) is 6.92 Å². The third-order valence-corrected chi connectivity index (χ3v) is 2.89. The number of hydrogen-bond donors (Lipinski definition) is 3. The summed E-state index contributed by atoms with van der Waals surface area (Å²) in [7, 11) is 0. The van der Waals surface area contributed by atoms with Crippen LogP contribution in [0, 0.1) is 0 Å². The topological polar surface area (TPSA) is 88.2 Å². The summed E-state index contributed by atoms with van der Waals surface area (Å²) in [5.74, 6) is 0.664. The Labute approximate surface area is 136 Å². The molecule has 21 heavy (non-hydrogen) atoms. The van der Waals surface area contributed by atoms with Crippen molar-refractivity contribution in [1.29, 1.82) is 0 Å². The van der Waals surface area contributed by atoms with Gasteiger partial charge in [-0.3, -0.25) is 9.78 Å². The van der Waals surface area contributed by atoms with Crippen LogP contribution in [0.2, 0.25) is 0 Å². The first-order chi connectivity index (χ1) is 9.27. The molecule has 120 valence electrons. The molecule has 2 rings (SSSR count). The lowest BCUT2D eigenvalue weighted by Gasteiger charge is -2.29. The van der Waals surface area contributed by atoms with Gasteiger partial charge in [0.25, 0.3) is 0 Å². The summed E-state index contributed by atoms with van der Waals surface area (Å²) in [6, 6.07) is -0.273. The second-order valence-electron chi connectivity index (χ2n) is 4.32. The quantitative estimate of drug-likeness (QED) is 0.666. The molecule has 1 aromatic heterocycles. The summed E-state index contributed by atoms with van der Waals surface area (Å²) in [6.45, 7) is 4.39. The Morgan fingerprint density at radius 1 is 1.43 bits per heavy atom. The van der Waals surface area contributed by atoms with Crippen molar-refractivity contribution in [3.05, 3.63) is 18.6 Å². The zero-order valence-corrected chi connectivity index (χ0v) is 13.4. The lowest BCUT2D eigenvalue weighted by atomic mass is 10.1. The lowest BCUT2D eigenvalue weighted by Crippen LogP contribution is -2.55. The third-order valence-electron chi connectivity index (χ3n) is 2.89. The van der Waals surface area contributed by atoms with Gasteiger partial charge in [0.05, 0.1) is 18.9 Å². The van der Waals surface area contributed by atoms with E-state index in [4.69, 9.17) is 4.74 Å². The number of carbonyl (C=O) groups is 1. The van der Waals surface area contributed by atoms with E-state index in [0.717, 1.165) is 0 Å². The summed E-state index contributed by atoms with van der Waals surface area (Å²) in [6.07, 6.45) is 4.77. The van der Waals surface area contributed by atoms with E-state index in [1.165, 1.54) is 0 Å². The average molecular weight is 338 g/mol. The lowest BCUT2D eigenvalue weighted by molar-refractivity contribution is -0.128. The standard InChI is InChI=1S/C12H19N5O2.2ClH/c1-9-11(16-6-7-19-9)12(18)17-5-4-15-10-8-13-2-3-14-10;;/h2-3,8-9,11,16H,4-7H2,1H3,(H,14,15)(H,17,18);2*1H/t9-,11+;;/m1../s1. The van der Waals surface area contributed by atoms with Gasteiger partial charge in [-0.05, 0) is 6.92 Å². The van der Waals surface area contributed by atoms with Crippen molar-refractivity contribution in [3.8, 4) is 0 Å².